The van der Waals surface area contributed by atoms with Gasteiger partial charge in [-0.2, -0.15) is 4.31 Å². The highest BCUT2D eigenvalue weighted by Gasteiger charge is 2.28. The van der Waals surface area contributed by atoms with E-state index in [4.69, 9.17) is 11.1 Å². The van der Waals surface area contributed by atoms with Crippen LogP contribution in [0.2, 0.25) is 0 Å². The third kappa shape index (κ3) is 4.60. The summed E-state index contributed by atoms with van der Waals surface area (Å²) in [7, 11) is -3.45. The van der Waals surface area contributed by atoms with Gasteiger partial charge in [0, 0.05) is 38.3 Å². The summed E-state index contributed by atoms with van der Waals surface area (Å²) in [6.07, 6.45) is 0. The van der Waals surface area contributed by atoms with E-state index in [1.807, 2.05) is 36.4 Å². The molecular formula is C21H28N4O2S. The normalized spacial score (nSPS) is 16.4. The number of hydrogen-bond donors (Lipinski definition) is 2. The zero-order valence-electron chi connectivity index (χ0n) is 16.4. The van der Waals surface area contributed by atoms with Gasteiger partial charge in [0.25, 0.3) is 0 Å². The molecule has 3 rings (SSSR count). The van der Waals surface area contributed by atoms with Gasteiger partial charge in [0.1, 0.15) is 5.84 Å². The maximum absolute atomic E-state index is 12.9. The molecule has 1 saturated heterocycles. The highest BCUT2D eigenvalue weighted by atomic mass is 32.2. The Labute approximate surface area is 167 Å². The Morgan fingerprint density at radius 1 is 1.00 bits per heavy atom. The Morgan fingerprint density at radius 2 is 1.57 bits per heavy atom. The first-order chi connectivity index (χ1) is 13.3. The first-order valence-electron chi connectivity index (χ1n) is 9.53. The van der Waals surface area contributed by atoms with E-state index in [-0.39, 0.29) is 5.84 Å². The Hall–Kier alpha value is -2.22. The molecule has 0 spiro atoms. The fraction of sp³-hybridized carbons (Fsp3) is 0.381. The average molecular weight is 401 g/mol. The van der Waals surface area contributed by atoms with Crippen LogP contribution in [-0.2, 0) is 16.6 Å². The molecular weight excluding hydrogens is 372 g/mol. The van der Waals surface area contributed by atoms with Crippen LogP contribution in [-0.4, -0.2) is 49.6 Å². The molecule has 2 aromatic carbocycles. The number of piperazine rings is 1. The van der Waals surface area contributed by atoms with Crippen molar-refractivity contribution >= 4 is 15.9 Å². The van der Waals surface area contributed by atoms with Gasteiger partial charge in [0.2, 0.25) is 10.0 Å². The molecule has 0 amide bonds. The molecule has 1 heterocycles. The number of nitrogens with zero attached hydrogens (tertiary/aromatic N) is 2. The number of nitrogen functional groups attached to an aromatic ring is 1. The van der Waals surface area contributed by atoms with Crippen molar-refractivity contribution < 1.29 is 8.42 Å². The summed E-state index contributed by atoms with van der Waals surface area (Å²) in [5, 5.41) is 7.45. The minimum atomic E-state index is -3.45. The Kier molecular flexibility index (Phi) is 6.17. The predicted octanol–water partition coefficient (Wildman–Crippen LogP) is 2.60. The third-order valence-corrected chi connectivity index (χ3v) is 7.10. The number of amidine groups is 1. The molecule has 0 saturated carbocycles. The number of rotatable bonds is 6. The first-order valence-corrected chi connectivity index (χ1v) is 11.0. The summed E-state index contributed by atoms with van der Waals surface area (Å²) in [6.45, 7) is 7.30. The van der Waals surface area contributed by atoms with Crippen LogP contribution in [0.5, 0.6) is 0 Å². The van der Waals surface area contributed by atoms with Gasteiger partial charge in [-0.1, -0.05) is 50.2 Å². The molecule has 6 nitrogen and oxygen atoms in total. The number of benzene rings is 2. The molecule has 3 N–H and O–H groups in total. The van der Waals surface area contributed by atoms with E-state index in [2.05, 4.69) is 18.7 Å². The lowest BCUT2D eigenvalue weighted by Crippen LogP contribution is -2.48. The van der Waals surface area contributed by atoms with Crippen LogP contribution in [0.4, 0.5) is 0 Å². The SMILES string of the molecule is CC(C)c1ccc(S(=O)(=O)N2CCN(Cc3ccc(C(=N)N)cc3)CC2)cc1. The average Bonchev–Trinajstić information content (AvgIpc) is 2.69. The van der Waals surface area contributed by atoms with E-state index < -0.39 is 10.0 Å². The highest BCUT2D eigenvalue weighted by molar-refractivity contribution is 7.89. The summed E-state index contributed by atoms with van der Waals surface area (Å²) in [4.78, 5) is 2.61. The molecule has 0 unspecified atom stereocenters. The quantitative estimate of drug-likeness (QED) is 0.576. The van der Waals surface area contributed by atoms with Crippen molar-refractivity contribution in [2.24, 2.45) is 5.73 Å². The third-order valence-electron chi connectivity index (χ3n) is 5.19. The largest absolute Gasteiger partial charge is 0.384 e. The molecule has 1 fully saturated rings. The van der Waals surface area contributed by atoms with Crippen LogP contribution >= 0.6 is 0 Å². The molecule has 0 atom stereocenters. The Bertz CT molecular complexity index is 914. The topological polar surface area (TPSA) is 90.5 Å². The molecule has 28 heavy (non-hydrogen) atoms. The van der Waals surface area contributed by atoms with Crippen molar-refractivity contribution in [2.75, 3.05) is 26.2 Å². The summed E-state index contributed by atoms with van der Waals surface area (Å²) in [5.74, 6) is 0.441. The van der Waals surface area contributed by atoms with Gasteiger partial charge in [0.05, 0.1) is 4.90 Å². The molecule has 2 aromatic rings. The first kappa shape index (κ1) is 20.5. The van der Waals surface area contributed by atoms with Gasteiger partial charge < -0.3 is 5.73 Å². The Morgan fingerprint density at radius 3 is 2.07 bits per heavy atom. The maximum atomic E-state index is 12.9. The monoisotopic (exact) mass is 400 g/mol. The second-order valence-electron chi connectivity index (χ2n) is 7.51. The fourth-order valence-electron chi connectivity index (χ4n) is 3.35. The van der Waals surface area contributed by atoms with Crippen LogP contribution in [0.25, 0.3) is 0 Å². The van der Waals surface area contributed by atoms with Crippen molar-refractivity contribution in [3.05, 3.63) is 65.2 Å². The fourth-order valence-corrected chi connectivity index (χ4v) is 4.77. The van der Waals surface area contributed by atoms with E-state index in [0.717, 1.165) is 17.7 Å². The molecule has 150 valence electrons. The standard InChI is InChI=1S/C21H28N4O2S/c1-16(2)18-7-9-20(10-8-18)28(26,27)25-13-11-24(12-14-25)15-17-3-5-19(6-4-17)21(22)23/h3-10,16H,11-15H2,1-2H3,(H3,22,23). The number of nitrogens with one attached hydrogen (secondary N) is 1. The summed E-state index contributed by atoms with van der Waals surface area (Å²) < 4.78 is 27.4. The molecule has 0 radical (unpaired) electrons. The maximum Gasteiger partial charge on any atom is 0.243 e. The molecule has 0 bridgehead atoms. The molecule has 1 aliphatic heterocycles. The minimum absolute atomic E-state index is 0.0618. The lowest BCUT2D eigenvalue weighted by Gasteiger charge is -2.34. The van der Waals surface area contributed by atoms with Gasteiger partial charge in [0.15, 0.2) is 0 Å². The Balaban J connectivity index is 1.60. The van der Waals surface area contributed by atoms with Gasteiger partial charge in [-0.15, -0.1) is 0 Å². The summed E-state index contributed by atoms with van der Waals surface area (Å²) in [6, 6.07) is 14.9. The molecule has 0 aliphatic carbocycles. The van der Waals surface area contributed by atoms with E-state index in [0.29, 0.717) is 42.6 Å². The lowest BCUT2D eigenvalue weighted by molar-refractivity contribution is 0.181. The van der Waals surface area contributed by atoms with E-state index >= 15 is 0 Å². The van der Waals surface area contributed by atoms with Gasteiger partial charge in [-0.05, 0) is 29.2 Å². The van der Waals surface area contributed by atoms with Crippen LogP contribution in [0, 0.1) is 5.41 Å². The van der Waals surface area contributed by atoms with Crippen molar-refractivity contribution in [3.8, 4) is 0 Å². The number of hydrogen-bond acceptors (Lipinski definition) is 4. The predicted molar refractivity (Wildman–Crippen MR) is 112 cm³/mol. The lowest BCUT2D eigenvalue weighted by atomic mass is 10.0. The van der Waals surface area contributed by atoms with Crippen molar-refractivity contribution in [2.45, 2.75) is 31.2 Å². The van der Waals surface area contributed by atoms with Gasteiger partial charge in [-0.25, -0.2) is 8.42 Å². The second kappa shape index (κ2) is 8.43. The van der Waals surface area contributed by atoms with E-state index in [9.17, 15) is 8.42 Å². The van der Waals surface area contributed by atoms with Crippen LogP contribution in [0.1, 0.15) is 36.5 Å². The zero-order chi connectivity index (χ0) is 20.3. The highest BCUT2D eigenvalue weighted by Crippen LogP contribution is 2.21. The van der Waals surface area contributed by atoms with Crippen LogP contribution < -0.4 is 5.73 Å². The number of sulfonamides is 1. The number of nitrogens with two attached hydrogens (primary N) is 1. The second-order valence-corrected chi connectivity index (χ2v) is 9.45. The van der Waals surface area contributed by atoms with E-state index in [1.165, 1.54) is 0 Å². The summed E-state index contributed by atoms with van der Waals surface area (Å²) in [5.41, 5.74) is 8.47. The van der Waals surface area contributed by atoms with Gasteiger partial charge >= 0.3 is 0 Å². The zero-order valence-corrected chi connectivity index (χ0v) is 17.2. The summed E-state index contributed by atoms with van der Waals surface area (Å²) >= 11 is 0. The van der Waals surface area contributed by atoms with Crippen LogP contribution in [0.15, 0.2) is 53.4 Å². The van der Waals surface area contributed by atoms with Crippen molar-refractivity contribution in [3.63, 3.8) is 0 Å². The van der Waals surface area contributed by atoms with Crippen molar-refractivity contribution in [1.82, 2.24) is 9.21 Å². The molecule has 7 heteroatoms. The van der Waals surface area contributed by atoms with Gasteiger partial charge in [-0.3, -0.25) is 10.3 Å². The molecule has 1 aliphatic rings. The van der Waals surface area contributed by atoms with Crippen molar-refractivity contribution in [1.29, 1.82) is 5.41 Å². The van der Waals surface area contributed by atoms with E-state index in [1.54, 1.807) is 16.4 Å². The smallest absolute Gasteiger partial charge is 0.243 e. The molecule has 0 aromatic heterocycles. The van der Waals surface area contributed by atoms with Crippen LogP contribution in [0.3, 0.4) is 0 Å². The minimum Gasteiger partial charge on any atom is -0.384 e.